The molecule has 0 atom stereocenters. The van der Waals surface area contributed by atoms with Crippen LogP contribution in [-0.4, -0.2) is 34.4 Å². The van der Waals surface area contributed by atoms with Gasteiger partial charge < -0.3 is 15.0 Å². The van der Waals surface area contributed by atoms with E-state index in [-0.39, 0.29) is 5.91 Å². The van der Waals surface area contributed by atoms with Gasteiger partial charge in [0.2, 0.25) is 5.95 Å². The van der Waals surface area contributed by atoms with Crippen LogP contribution in [0.25, 0.3) is 0 Å². The Bertz CT molecular complexity index is 927. The Labute approximate surface area is 165 Å². The average Bonchev–Trinajstić information content (AvgIpc) is 2.72. The molecule has 1 heterocycles. The Hall–Kier alpha value is -3.41. The molecule has 2 aromatic carbocycles. The number of aryl methyl sites for hydroxylation is 1. The molecule has 0 aliphatic heterocycles. The molecule has 1 amide bonds. The van der Waals surface area contributed by atoms with Gasteiger partial charge in [0.15, 0.2) is 0 Å². The molecule has 1 N–H and O–H groups in total. The summed E-state index contributed by atoms with van der Waals surface area (Å²) in [4.78, 5) is 23.6. The van der Waals surface area contributed by atoms with Gasteiger partial charge in [0.05, 0.1) is 7.11 Å². The largest absolute Gasteiger partial charge is 0.497 e. The summed E-state index contributed by atoms with van der Waals surface area (Å²) in [6, 6.07) is 19.1. The normalized spacial score (nSPS) is 10.4. The van der Waals surface area contributed by atoms with Crippen molar-refractivity contribution < 1.29 is 9.53 Å². The third-order valence-corrected chi connectivity index (χ3v) is 4.30. The van der Waals surface area contributed by atoms with E-state index in [1.165, 1.54) is 0 Å². The smallest absolute Gasteiger partial charge is 0.272 e. The lowest BCUT2D eigenvalue weighted by molar-refractivity contribution is 0.0746. The number of methoxy groups -OCH3 is 1. The maximum Gasteiger partial charge on any atom is 0.272 e. The molecular formula is C22H24N4O2. The van der Waals surface area contributed by atoms with E-state index in [2.05, 4.69) is 15.3 Å². The Morgan fingerprint density at radius 1 is 1.07 bits per heavy atom. The quantitative estimate of drug-likeness (QED) is 0.669. The van der Waals surface area contributed by atoms with Crippen molar-refractivity contribution in [2.75, 3.05) is 19.0 Å². The average molecular weight is 376 g/mol. The van der Waals surface area contributed by atoms with Gasteiger partial charge in [-0.3, -0.25) is 4.79 Å². The third-order valence-electron chi connectivity index (χ3n) is 4.30. The van der Waals surface area contributed by atoms with Crippen LogP contribution in [0.1, 0.15) is 28.7 Å². The highest BCUT2D eigenvalue weighted by Crippen LogP contribution is 2.19. The summed E-state index contributed by atoms with van der Waals surface area (Å²) in [5.74, 6) is 1.05. The first-order valence-corrected chi connectivity index (χ1v) is 9.19. The van der Waals surface area contributed by atoms with Crippen LogP contribution in [0.2, 0.25) is 0 Å². The molecule has 6 nitrogen and oxygen atoms in total. The Kier molecular flexibility index (Phi) is 6.22. The molecular weight excluding hydrogens is 352 g/mol. The molecule has 0 unspecified atom stereocenters. The molecule has 0 fully saturated rings. The van der Waals surface area contributed by atoms with Crippen LogP contribution < -0.4 is 10.1 Å². The maximum atomic E-state index is 13.0. The summed E-state index contributed by atoms with van der Waals surface area (Å²) in [5.41, 5.74) is 3.01. The first-order valence-electron chi connectivity index (χ1n) is 9.19. The van der Waals surface area contributed by atoms with Crippen molar-refractivity contribution in [3.05, 3.63) is 77.6 Å². The summed E-state index contributed by atoms with van der Waals surface area (Å²) < 4.78 is 5.17. The molecule has 0 saturated heterocycles. The zero-order chi connectivity index (χ0) is 19.9. The minimum absolute atomic E-state index is 0.116. The van der Waals surface area contributed by atoms with E-state index in [0.29, 0.717) is 24.7 Å². The highest BCUT2D eigenvalue weighted by atomic mass is 16.5. The van der Waals surface area contributed by atoms with Crippen LogP contribution in [0.4, 0.5) is 11.6 Å². The van der Waals surface area contributed by atoms with Crippen LogP contribution in [0.3, 0.4) is 0 Å². The molecule has 3 rings (SSSR count). The molecule has 28 heavy (non-hydrogen) atoms. The second-order valence-corrected chi connectivity index (χ2v) is 6.38. The van der Waals surface area contributed by atoms with Gasteiger partial charge in [-0.25, -0.2) is 9.97 Å². The highest BCUT2D eigenvalue weighted by molar-refractivity contribution is 5.92. The van der Waals surface area contributed by atoms with Gasteiger partial charge in [0, 0.05) is 24.5 Å². The second kappa shape index (κ2) is 8.99. The maximum absolute atomic E-state index is 13.0. The van der Waals surface area contributed by atoms with E-state index < -0.39 is 0 Å². The highest BCUT2D eigenvalue weighted by Gasteiger charge is 2.17. The van der Waals surface area contributed by atoms with Crippen LogP contribution in [0.15, 0.2) is 60.7 Å². The lowest BCUT2D eigenvalue weighted by atomic mass is 10.2. The first kappa shape index (κ1) is 19.4. The number of hydrogen-bond acceptors (Lipinski definition) is 5. The molecule has 0 radical (unpaired) electrons. The number of amides is 1. The molecule has 0 aliphatic carbocycles. The summed E-state index contributed by atoms with van der Waals surface area (Å²) in [5, 5.41) is 3.15. The van der Waals surface area contributed by atoms with E-state index >= 15 is 0 Å². The van der Waals surface area contributed by atoms with Crippen molar-refractivity contribution in [2.45, 2.75) is 20.4 Å². The Morgan fingerprint density at radius 3 is 2.43 bits per heavy atom. The Balaban J connectivity index is 1.79. The summed E-state index contributed by atoms with van der Waals surface area (Å²) in [7, 11) is 1.62. The third kappa shape index (κ3) is 4.85. The molecule has 6 heteroatoms. The van der Waals surface area contributed by atoms with Crippen molar-refractivity contribution in [1.82, 2.24) is 14.9 Å². The van der Waals surface area contributed by atoms with Gasteiger partial charge in [-0.15, -0.1) is 0 Å². The molecule has 1 aromatic heterocycles. The van der Waals surface area contributed by atoms with E-state index in [9.17, 15) is 4.79 Å². The van der Waals surface area contributed by atoms with E-state index in [1.807, 2.05) is 68.4 Å². The van der Waals surface area contributed by atoms with Gasteiger partial charge in [0.1, 0.15) is 11.4 Å². The number of hydrogen-bond donors (Lipinski definition) is 1. The predicted octanol–water partition coefficient (Wildman–Crippen LogP) is 4.20. The van der Waals surface area contributed by atoms with Gasteiger partial charge in [-0.05, 0) is 49.7 Å². The number of anilines is 2. The lowest BCUT2D eigenvalue weighted by Gasteiger charge is -2.21. The molecule has 0 saturated carbocycles. The lowest BCUT2D eigenvalue weighted by Crippen LogP contribution is -2.31. The number of nitrogens with zero attached hydrogens (tertiary/aromatic N) is 3. The van der Waals surface area contributed by atoms with Crippen LogP contribution in [-0.2, 0) is 6.54 Å². The van der Waals surface area contributed by atoms with Gasteiger partial charge in [0.25, 0.3) is 5.91 Å². The number of ether oxygens (including phenoxy) is 1. The summed E-state index contributed by atoms with van der Waals surface area (Å²) in [6.07, 6.45) is 0. The monoisotopic (exact) mass is 376 g/mol. The topological polar surface area (TPSA) is 67.4 Å². The molecule has 3 aromatic rings. The number of carbonyl (C=O) groups excluding carboxylic acids is 1. The zero-order valence-electron chi connectivity index (χ0n) is 16.3. The fraction of sp³-hybridized carbons (Fsp3) is 0.227. The van der Waals surface area contributed by atoms with Gasteiger partial charge in [-0.1, -0.05) is 30.3 Å². The van der Waals surface area contributed by atoms with Crippen LogP contribution >= 0.6 is 0 Å². The van der Waals surface area contributed by atoms with Crippen molar-refractivity contribution in [1.29, 1.82) is 0 Å². The number of aromatic nitrogens is 2. The van der Waals surface area contributed by atoms with Gasteiger partial charge in [-0.2, -0.15) is 0 Å². The fourth-order valence-electron chi connectivity index (χ4n) is 2.83. The van der Waals surface area contributed by atoms with Crippen LogP contribution in [0.5, 0.6) is 5.75 Å². The summed E-state index contributed by atoms with van der Waals surface area (Å²) in [6.45, 7) is 4.95. The van der Waals surface area contributed by atoms with E-state index in [0.717, 1.165) is 22.7 Å². The minimum Gasteiger partial charge on any atom is -0.497 e. The number of rotatable bonds is 7. The molecule has 144 valence electrons. The van der Waals surface area contributed by atoms with E-state index in [1.54, 1.807) is 18.1 Å². The fourth-order valence-corrected chi connectivity index (χ4v) is 2.83. The van der Waals surface area contributed by atoms with Crippen molar-refractivity contribution in [2.24, 2.45) is 0 Å². The van der Waals surface area contributed by atoms with Crippen molar-refractivity contribution in [3.63, 3.8) is 0 Å². The number of carbonyl (C=O) groups is 1. The van der Waals surface area contributed by atoms with Gasteiger partial charge >= 0.3 is 0 Å². The molecule has 0 aliphatic rings. The predicted molar refractivity (Wildman–Crippen MR) is 110 cm³/mol. The second-order valence-electron chi connectivity index (χ2n) is 6.38. The zero-order valence-corrected chi connectivity index (χ0v) is 16.3. The molecule has 0 bridgehead atoms. The molecule has 0 spiro atoms. The van der Waals surface area contributed by atoms with Crippen molar-refractivity contribution in [3.8, 4) is 5.75 Å². The van der Waals surface area contributed by atoms with Crippen molar-refractivity contribution >= 4 is 17.5 Å². The number of nitrogens with one attached hydrogen (secondary N) is 1. The standard InChI is InChI=1S/C22H24N4O2/c1-4-26(15-17-8-6-5-7-9-17)21(27)20-14-16(2)23-22(25-20)24-18-10-12-19(28-3)13-11-18/h5-14H,4,15H2,1-3H3,(H,23,24,25). The minimum atomic E-state index is -0.116. The van der Waals surface area contributed by atoms with E-state index in [4.69, 9.17) is 4.74 Å². The summed E-state index contributed by atoms with van der Waals surface area (Å²) >= 11 is 0. The van der Waals surface area contributed by atoms with Crippen LogP contribution in [0, 0.1) is 6.92 Å². The number of benzene rings is 2. The SMILES string of the molecule is CCN(Cc1ccccc1)C(=O)c1cc(C)nc(Nc2ccc(OC)cc2)n1. The first-order chi connectivity index (χ1) is 13.6. The Morgan fingerprint density at radius 2 is 1.79 bits per heavy atom.